The summed E-state index contributed by atoms with van der Waals surface area (Å²) in [6, 6.07) is 14.9. The highest BCUT2D eigenvalue weighted by molar-refractivity contribution is 6.02. The van der Waals surface area contributed by atoms with Crippen LogP contribution in [0.25, 0.3) is 0 Å². The monoisotopic (exact) mass is 255 g/mol. The Morgan fingerprint density at radius 3 is 2.26 bits per heavy atom. The number of hydrogen-bond acceptors (Lipinski definition) is 3. The summed E-state index contributed by atoms with van der Waals surface area (Å²) < 4.78 is 0. The van der Waals surface area contributed by atoms with Gasteiger partial charge in [0.15, 0.2) is 5.78 Å². The number of nitrogens with one attached hydrogen (secondary N) is 1. The van der Waals surface area contributed by atoms with Crippen LogP contribution in [0.4, 0.5) is 0 Å². The van der Waals surface area contributed by atoms with Crippen molar-refractivity contribution in [2.45, 2.75) is 0 Å². The molecule has 0 saturated carbocycles. The van der Waals surface area contributed by atoms with Gasteiger partial charge in [0.25, 0.3) is 5.91 Å². The highest BCUT2D eigenvalue weighted by atomic mass is 16.3. The molecule has 0 atom stereocenters. The fourth-order valence-corrected chi connectivity index (χ4v) is 1.65. The molecule has 0 aromatic heterocycles. The molecule has 2 N–H and O–H groups in total. The van der Waals surface area contributed by atoms with Crippen LogP contribution in [-0.2, 0) is 0 Å². The van der Waals surface area contributed by atoms with Crippen LogP contribution in [0.1, 0.15) is 20.7 Å². The molecule has 2 aromatic carbocycles. The molecule has 4 nitrogen and oxygen atoms in total. The number of phenols is 1. The predicted molar refractivity (Wildman–Crippen MR) is 71.2 cm³/mol. The van der Waals surface area contributed by atoms with Gasteiger partial charge in [0.05, 0.1) is 12.1 Å². The van der Waals surface area contributed by atoms with Crippen molar-refractivity contribution >= 4 is 11.7 Å². The molecule has 0 unspecified atom stereocenters. The van der Waals surface area contributed by atoms with E-state index in [0.29, 0.717) is 5.56 Å². The van der Waals surface area contributed by atoms with Gasteiger partial charge in [-0.25, -0.2) is 0 Å². The predicted octanol–water partition coefficient (Wildman–Crippen LogP) is 2.00. The van der Waals surface area contributed by atoms with Gasteiger partial charge < -0.3 is 10.4 Å². The highest BCUT2D eigenvalue weighted by Gasteiger charge is 2.12. The minimum absolute atomic E-state index is 0.100. The molecule has 1 amide bonds. The van der Waals surface area contributed by atoms with Crippen LogP contribution in [0.2, 0.25) is 0 Å². The van der Waals surface area contributed by atoms with Crippen LogP contribution >= 0.6 is 0 Å². The lowest BCUT2D eigenvalue weighted by Gasteiger charge is -2.06. The third kappa shape index (κ3) is 3.19. The SMILES string of the molecule is O=C(CNC(=O)c1ccccc1O)c1ccccc1. The largest absolute Gasteiger partial charge is 0.507 e. The van der Waals surface area contributed by atoms with Crippen molar-refractivity contribution in [1.29, 1.82) is 0 Å². The summed E-state index contributed by atoms with van der Waals surface area (Å²) in [5.74, 6) is -0.751. The zero-order valence-corrected chi connectivity index (χ0v) is 10.2. The molecule has 0 fully saturated rings. The third-order valence-corrected chi connectivity index (χ3v) is 2.65. The third-order valence-electron chi connectivity index (χ3n) is 2.65. The molecular weight excluding hydrogens is 242 g/mol. The first-order valence-electron chi connectivity index (χ1n) is 5.83. The lowest BCUT2D eigenvalue weighted by atomic mass is 10.1. The van der Waals surface area contributed by atoms with E-state index in [4.69, 9.17) is 0 Å². The second kappa shape index (κ2) is 5.82. The lowest BCUT2D eigenvalue weighted by Crippen LogP contribution is -2.29. The Labute approximate surface area is 110 Å². The molecule has 0 aliphatic heterocycles. The van der Waals surface area contributed by atoms with Crippen molar-refractivity contribution < 1.29 is 14.7 Å². The molecule has 0 radical (unpaired) electrons. The van der Waals surface area contributed by atoms with E-state index in [1.807, 2.05) is 6.07 Å². The summed E-state index contributed by atoms with van der Waals surface area (Å²) >= 11 is 0. The Bertz CT molecular complexity index is 593. The Morgan fingerprint density at radius 1 is 0.947 bits per heavy atom. The minimum Gasteiger partial charge on any atom is -0.507 e. The van der Waals surface area contributed by atoms with Crippen LogP contribution < -0.4 is 5.32 Å². The second-order valence-corrected chi connectivity index (χ2v) is 3.99. The first-order valence-corrected chi connectivity index (χ1v) is 5.83. The maximum Gasteiger partial charge on any atom is 0.255 e. The Balaban J connectivity index is 1.98. The number of Topliss-reactive ketones (excluding diaryl/α,β-unsaturated/α-hetero) is 1. The average Bonchev–Trinajstić information content (AvgIpc) is 2.46. The zero-order valence-electron chi connectivity index (χ0n) is 10.2. The minimum atomic E-state index is -0.470. The van der Waals surface area contributed by atoms with Gasteiger partial charge in [-0.2, -0.15) is 0 Å². The van der Waals surface area contributed by atoms with E-state index in [1.165, 1.54) is 12.1 Å². The molecule has 0 aliphatic carbocycles. The normalized spacial score (nSPS) is 9.89. The Kier molecular flexibility index (Phi) is 3.93. The van der Waals surface area contributed by atoms with E-state index in [1.54, 1.807) is 36.4 Å². The molecule has 2 rings (SSSR count). The number of carbonyl (C=O) groups excluding carboxylic acids is 2. The summed E-state index contributed by atoms with van der Waals surface area (Å²) in [5, 5.41) is 12.0. The summed E-state index contributed by atoms with van der Waals surface area (Å²) in [6.07, 6.45) is 0. The van der Waals surface area contributed by atoms with Gasteiger partial charge >= 0.3 is 0 Å². The smallest absolute Gasteiger partial charge is 0.255 e. The van der Waals surface area contributed by atoms with Crippen molar-refractivity contribution in [3.05, 3.63) is 65.7 Å². The van der Waals surface area contributed by atoms with E-state index >= 15 is 0 Å². The molecule has 0 spiro atoms. The summed E-state index contributed by atoms with van der Waals surface area (Å²) in [6.45, 7) is -0.100. The second-order valence-electron chi connectivity index (χ2n) is 3.99. The van der Waals surface area contributed by atoms with Gasteiger partial charge in [0, 0.05) is 5.56 Å². The molecule has 0 heterocycles. The molecule has 2 aromatic rings. The molecule has 0 saturated heterocycles. The standard InChI is InChI=1S/C15H13NO3/c17-13-9-5-4-8-12(13)15(19)16-10-14(18)11-6-2-1-3-7-11/h1-9,17H,10H2,(H,16,19). The Hall–Kier alpha value is -2.62. The van der Waals surface area contributed by atoms with Crippen LogP contribution in [0, 0.1) is 0 Å². The topological polar surface area (TPSA) is 66.4 Å². The fourth-order valence-electron chi connectivity index (χ4n) is 1.65. The lowest BCUT2D eigenvalue weighted by molar-refractivity contribution is 0.0902. The number of amides is 1. The first kappa shape index (κ1) is 12.8. The summed E-state index contributed by atoms with van der Waals surface area (Å²) in [4.78, 5) is 23.6. The van der Waals surface area contributed by atoms with E-state index in [9.17, 15) is 14.7 Å². The maximum absolute atomic E-state index is 11.8. The van der Waals surface area contributed by atoms with Gasteiger partial charge in [-0.1, -0.05) is 42.5 Å². The highest BCUT2D eigenvalue weighted by Crippen LogP contribution is 2.14. The summed E-state index contributed by atoms with van der Waals surface area (Å²) in [7, 11) is 0. The van der Waals surface area contributed by atoms with Crippen molar-refractivity contribution in [2.24, 2.45) is 0 Å². The number of carbonyl (C=O) groups is 2. The van der Waals surface area contributed by atoms with Crippen molar-refractivity contribution in [3.63, 3.8) is 0 Å². The maximum atomic E-state index is 11.8. The number of ketones is 1. The van der Waals surface area contributed by atoms with E-state index in [-0.39, 0.29) is 23.6 Å². The number of benzene rings is 2. The molecule has 19 heavy (non-hydrogen) atoms. The van der Waals surface area contributed by atoms with E-state index in [0.717, 1.165) is 0 Å². The van der Waals surface area contributed by atoms with Crippen molar-refractivity contribution in [1.82, 2.24) is 5.32 Å². The average molecular weight is 255 g/mol. The molecule has 96 valence electrons. The van der Waals surface area contributed by atoms with Gasteiger partial charge in [0.2, 0.25) is 0 Å². The van der Waals surface area contributed by atoms with Gasteiger partial charge in [0.1, 0.15) is 5.75 Å². The number of hydrogen-bond donors (Lipinski definition) is 2. The first-order chi connectivity index (χ1) is 9.18. The molecular formula is C15H13NO3. The van der Waals surface area contributed by atoms with E-state index in [2.05, 4.69) is 5.32 Å². The van der Waals surface area contributed by atoms with Crippen LogP contribution in [0.15, 0.2) is 54.6 Å². The molecule has 0 aliphatic rings. The van der Waals surface area contributed by atoms with Gasteiger partial charge in [-0.15, -0.1) is 0 Å². The number of rotatable bonds is 4. The van der Waals surface area contributed by atoms with E-state index < -0.39 is 5.91 Å². The van der Waals surface area contributed by atoms with Crippen LogP contribution in [0.3, 0.4) is 0 Å². The summed E-state index contributed by atoms with van der Waals surface area (Å²) in [5.41, 5.74) is 0.698. The molecule has 4 heteroatoms. The van der Waals surface area contributed by atoms with Crippen molar-refractivity contribution in [3.8, 4) is 5.75 Å². The molecule has 0 bridgehead atoms. The van der Waals surface area contributed by atoms with Gasteiger partial charge in [-0.3, -0.25) is 9.59 Å². The number of aromatic hydroxyl groups is 1. The quantitative estimate of drug-likeness (QED) is 0.821. The number of phenolic OH excluding ortho intramolecular Hbond substituents is 1. The number of para-hydroxylation sites is 1. The van der Waals surface area contributed by atoms with Gasteiger partial charge in [-0.05, 0) is 12.1 Å². The van der Waals surface area contributed by atoms with Crippen LogP contribution in [0.5, 0.6) is 5.75 Å². The van der Waals surface area contributed by atoms with Crippen LogP contribution in [-0.4, -0.2) is 23.3 Å². The van der Waals surface area contributed by atoms with Crippen molar-refractivity contribution in [2.75, 3.05) is 6.54 Å². The fraction of sp³-hybridized carbons (Fsp3) is 0.0667. The zero-order chi connectivity index (χ0) is 13.7. The Morgan fingerprint density at radius 2 is 1.58 bits per heavy atom.